The van der Waals surface area contributed by atoms with Crippen LogP contribution in [0.15, 0.2) is 36.4 Å². The Morgan fingerprint density at radius 2 is 1.57 bits per heavy atom. The number of imidazole rings is 1. The molecule has 0 aliphatic rings. The average molecular weight is 572 g/mol. The second-order valence-electron chi connectivity index (χ2n) is 9.83. The van der Waals surface area contributed by atoms with Crippen molar-refractivity contribution in [3.8, 4) is 11.4 Å². The summed E-state index contributed by atoms with van der Waals surface area (Å²) in [6.07, 6.45) is 4.89. The Kier molecular flexibility index (Phi) is 17.3. The van der Waals surface area contributed by atoms with Crippen LogP contribution in [-0.4, -0.2) is 72.5 Å². The van der Waals surface area contributed by atoms with E-state index in [0.29, 0.717) is 18.0 Å². The normalized spacial score (nSPS) is 10.6. The lowest BCUT2D eigenvalue weighted by Gasteiger charge is -2.27. The molecule has 0 atom stereocenters. The highest BCUT2D eigenvalue weighted by Gasteiger charge is 2.16. The molecule has 3 rings (SSSR count). The molecule has 0 spiro atoms. The van der Waals surface area contributed by atoms with E-state index in [0.717, 1.165) is 67.1 Å². The maximum absolute atomic E-state index is 12.9. The number of H-pyrrole nitrogens is 1. The number of aryl methyl sites for hydroxylation is 1. The first-order valence-electron chi connectivity index (χ1n) is 15.3. The van der Waals surface area contributed by atoms with E-state index >= 15 is 0 Å². The summed E-state index contributed by atoms with van der Waals surface area (Å²) in [5, 5.41) is 0.662. The number of amides is 1. The molecule has 0 bridgehead atoms. The molecule has 1 aromatic heterocycles. The van der Waals surface area contributed by atoms with Crippen LogP contribution in [-0.2, 0) is 4.79 Å². The Morgan fingerprint density at radius 3 is 2.25 bits per heavy atom. The molecule has 3 aromatic rings. The summed E-state index contributed by atoms with van der Waals surface area (Å²) in [7, 11) is 4.21. The third kappa shape index (κ3) is 11.1. The Labute approximate surface area is 249 Å². The lowest BCUT2D eigenvalue weighted by atomic mass is 10.1. The number of nitrogens with zero attached hydrogens (tertiary/aromatic N) is 4. The standard InChI is InChI=1S/C29H42ClN5O.2C2H6/c1-6-8-16-33(4)17-9-10-28(36)35(15-7-2)19-18-34(5)23-12-13-25(30)24(21-23)29-31-26-14-11-22(3)20-27(26)32-29;2*1-2/h11-14,20-21H,6-10,15-19H2,1-5H3,(H,31,32);2*1-2H3. The van der Waals surface area contributed by atoms with E-state index in [2.05, 4.69) is 67.8 Å². The fraction of sp³-hybridized carbons (Fsp3) is 0.576. The molecule has 6 nitrogen and oxygen atoms in total. The molecular weight excluding hydrogens is 518 g/mol. The molecule has 1 heterocycles. The van der Waals surface area contributed by atoms with Gasteiger partial charge in [0.2, 0.25) is 5.91 Å². The zero-order valence-electron chi connectivity index (χ0n) is 26.6. The monoisotopic (exact) mass is 571 g/mol. The molecule has 0 saturated heterocycles. The molecule has 1 amide bonds. The van der Waals surface area contributed by atoms with Gasteiger partial charge in [-0.3, -0.25) is 4.79 Å². The number of carbonyl (C=O) groups is 1. The first kappa shape index (κ1) is 35.5. The lowest BCUT2D eigenvalue weighted by molar-refractivity contribution is -0.131. The van der Waals surface area contributed by atoms with Gasteiger partial charge in [-0.15, -0.1) is 0 Å². The molecular formula is C33H54ClN5O. The molecule has 1 N–H and O–H groups in total. The molecule has 2 aromatic carbocycles. The Balaban J connectivity index is 0.00000191. The van der Waals surface area contributed by atoms with Gasteiger partial charge < -0.3 is 19.7 Å². The highest BCUT2D eigenvalue weighted by atomic mass is 35.5. The van der Waals surface area contributed by atoms with Crippen molar-refractivity contribution in [3.05, 3.63) is 47.0 Å². The quantitative estimate of drug-likeness (QED) is 0.211. The van der Waals surface area contributed by atoms with Gasteiger partial charge in [0.1, 0.15) is 5.82 Å². The van der Waals surface area contributed by atoms with Gasteiger partial charge >= 0.3 is 0 Å². The van der Waals surface area contributed by atoms with E-state index in [9.17, 15) is 4.79 Å². The van der Waals surface area contributed by atoms with Crippen molar-refractivity contribution in [2.75, 3.05) is 51.7 Å². The van der Waals surface area contributed by atoms with Crippen LogP contribution in [0.4, 0.5) is 5.69 Å². The lowest BCUT2D eigenvalue weighted by Crippen LogP contribution is -2.38. The summed E-state index contributed by atoms with van der Waals surface area (Å²) in [6, 6.07) is 12.2. The number of anilines is 1. The predicted octanol–water partition coefficient (Wildman–Crippen LogP) is 8.43. The summed E-state index contributed by atoms with van der Waals surface area (Å²) in [4.78, 5) is 27.6. The van der Waals surface area contributed by atoms with Gasteiger partial charge in [0.15, 0.2) is 0 Å². The van der Waals surface area contributed by atoms with Crippen LogP contribution < -0.4 is 4.90 Å². The van der Waals surface area contributed by atoms with E-state index in [1.807, 2.05) is 50.8 Å². The number of halogens is 1. The molecule has 7 heteroatoms. The largest absolute Gasteiger partial charge is 0.373 e. The fourth-order valence-corrected chi connectivity index (χ4v) is 4.62. The van der Waals surface area contributed by atoms with E-state index in [1.165, 1.54) is 18.4 Å². The van der Waals surface area contributed by atoms with Crippen LogP contribution in [0.5, 0.6) is 0 Å². The predicted molar refractivity (Wildman–Crippen MR) is 176 cm³/mol. The molecule has 40 heavy (non-hydrogen) atoms. The number of hydrogen-bond donors (Lipinski definition) is 1. The second kappa shape index (κ2) is 19.5. The van der Waals surface area contributed by atoms with Gasteiger partial charge in [0, 0.05) is 44.4 Å². The van der Waals surface area contributed by atoms with Gasteiger partial charge in [-0.05, 0) is 82.2 Å². The number of hydrogen-bond acceptors (Lipinski definition) is 4. The van der Waals surface area contributed by atoms with E-state index < -0.39 is 0 Å². The van der Waals surface area contributed by atoms with Crippen molar-refractivity contribution < 1.29 is 4.79 Å². The van der Waals surface area contributed by atoms with Crippen molar-refractivity contribution in [2.24, 2.45) is 0 Å². The topological polar surface area (TPSA) is 55.5 Å². The number of fused-ring (bicyclic) bond motifs is 1. The molecule has 0 radical (unpaired) electrons. The summed E-state index contributed by atoms with van der Waals surface area (Å²) in [5.74, 6) is 1.02. The van der Waals surface area contributed by atoms with Crippen molar-refractivity contribution in [1.82, 2.24) is 19.8 Å². The zero-order chi connectivity index (χ0) is 30.1. The van der Waals surface area contributed by atoms with Crippen molar-refractivity contribution in [3.63, 3.8) is 0 Å². The molecule has 224 valence electrons. The molecule has 0 saturated carbocycles. The number of likely N-dealkylation sites (N-methyl/N-ethyl adjacent to an activating group) is 1. The third-order valence-corrected chi connectivity index (χ3v) is 6.99. The number of carbonyl (C=O) groups excluding carboxylic acids is 1. The van der Waals surface area contributed by atoms with Crippen LogP contribution in [0.3, 0.4) is 0 Å². The van der Waals surface area contributed by atoms with Crippen LogP contribution in [0.1, 0.15) is 79.2 Å². The van der Waals surface area contributed by atoms with Crippen LogP contribution in [0.25, 0.3) is 22.4 Å². The van der Waals surface area contributed by atoms with Crippen molar-refractivity contribution in [1.29, 1.82) is 0 Å². The van der Waals surface area contributed by atoms with E-state index in [-0.39, 0.29) is 5.91 Å². The van der Waals surface area contributed by atoms with Gasteiger partial charge in [0.05, 0.1) is 16.1 Å². The van der Waals surface area contributed by atoms with Crippen molar-refractivity contribution >= 4 is 34.2 Å². The van der Waals surface area contributed by atoms with Crippen LogP contribution in [0, 0.1) is 6.92 Å². The van der Waals surface area contributed by atoms with Crippen molar-refractivity contribution in [2.45, 2.75) is 80.6 Å². The van der Waals surface area contributed by atoms with Gasteiger partial charge in [-0.2, -0.15) is 0 Å². The summed E-state index contributed by atoms with van der Waals surface area (Å²) in [5.41, 5.74) is 5.05. The number of aromatic amines is 1. The maximum Gasteiger partial charge on any atom is 0.222 e. The minimum absolute atomic E-state index is 0.253. The second-order valence-corrected chi connectivity index (χ2v) is 10.2. The molecule has 0 aliphatic heterocycles. The Morgan fingerprint density at radius 1 is 0.875 bits per heavy atom. The van der Waals surface area contributed by atoms with Gasteiger partial charge in [0.25, 0.3) is 0 Å². The Bertz CT molecular complexity index is 1130. The first-order chi connectivity index (χ1) is 19.3. The first-order valence-corrected chi connectivity index (χ1v) is 15.6. The SMILES string of the molecule is CC.CC.CCCCN(C)CCCC(=O)N(CCC)CCN(C)c1ccc(Cl)c(-c2nc3ccc(C)cc3[nH]2)c1. The van der Waals surface area contributed by atoms with Crippen LogP contribution in [0.2, 0.25) is 5.02 Å². The minimum atomic E-state index is 0.253. The average Bonchev–Trinajstić information content (AvgIpc) is 3.39. The summed E-state index contributed by atoms with van der Waals surface area (Å²) >= 11 is 6.57. The molecule has 0 fully saturated rings. The van der Waals surface area contributed by atoms with Gasteiger partial charge in [-0.25, -0.2) is 4.98 Å². The number of aromatic nitrogens is 2. The number of unbranched alkanes of at least 4 members (excludes halogenated alkanes) is 1. The highest BCUT2D eigenvalue weighted by Crippen LogP contribution is 2.31. The smallest absolute Gasteiger partial charge is 0.222 e. The molecule has 0 unspecified atom stereocenters. The van der Waals surface area contributed by atoms with Gasteiger partial charge in [-0.1, -0.05) is 65.6 Å². The zero-order valence-corrected chi connectivity index (χ0v) is 27.4. The maximum atomic E-state index is 12.9. The number of benzene rings is 2. The fourth-order valence-electron chi connectivity index (χ4n) is 4.41. The summed E-state index contributed by atoms with van der Waals surface area (Å²) in [6.45, 7) is 18.7. The minimum Gasteiger partial charge on any atom is -0.373 e. The molecule has 0 aliphatic carbocycles. The summed E-state index contributed by atoms with van der Waals surface area (Å²) < 4.78 is 0. The third-order valence-electron chi connectivity index (χ3n) is 6.66. The number of nitrogens with one attached hydrogen (secondary N) is 1. The van der Waals surface area contributed by atoms with E-state index in [4.69, 9.17) is 16.6 Å². The van der Waals surface area contributed by atoms with Crippen LogP contribution >= 0.6 is 11.6 Å². The highest BCUT2D eigenvalue weighted by molar-refractivity contribution is 6.33. The van der Waals surface area contributed by atoms with E-state index in [1.54, 1.807) is 0 Å². The number of rotatable bonds is 14. The Hall–Kier alpha value is -2.57.